The second kappa shape index (κ2) is 6.12. The molecule has 1 atom stereocenters. The molecule has 0 radical (unpaired) electrons. The van der Waals surface area contributed by atoms with E-state index in [4.69, 9.17) is 10.5 Å². The molecule has 1 aliphatic rings. The van der Waals surface area contributed by atoms with Gasteiger partial charge in [-0.2, -0.15) is 0 Å². The van der Waals surface area contributed by atoms with Crippen molar-refractivity contribution in [3.05, 3.63) is 29.8 Å². The summed E-state index contributed by atoms with van der Waals surface area (Å²) in [6.07, 6.45) is 5.18. The monoisotopic (exact) mass is 241 g/mol. The standard InChI is InChI=1S/C13H19NO.ClH/c1-15-12-9-5-4-8-11(12)13(14)10-6-2-3-7-10;/h4-5,8-10,13H,2-3,6-7,14H2,1H3;1H. The Bertz CT molecular complexity index is 323. The number of hydrogen-bond donors (Lipinski definition) is 1. The molecule has 0 saturated heterocycles. The van der Waals surface area contributed by atoms with E-state index in [1.165, 1.54) is 25.7 Å². The molecule has 3 heteroatoms. The van der Waals surface area contributed by atoms with Crippen LogP contribution in [-0.4, -0.2) is 7.11 Å². The van der Waals surface area contributed by atoms with E-state index in [1.54, 1.807) is 7.11 Å². The van der Waals surface area contributed by atoms with Crippen LogP contribution in [0.15, 0.2) is 24.3 Å². The van der Waals surface area contributed by atoms with Gasteiger partial charge in [-0.15, -0.1) is 12.4 Å². The van der Waals surface area contributed by atoms with Gasteiger partial charge >= 0.3 is 0 Å². The first-order chi connectivity index (χ1) is 7.33. The van der Waals surface area contributed by atoms with Gasteiger partial charge in [0.05, 0.1) is 7.11 Å². The smallest absolute Gasteiger partial charge is 0.123 e. The summed E-state index contributed by atoms with van der Waals surface area (Å²) < 4.78 is 5.35. The van der Waals surface area contributed by atoms with Crippen molar-refractivity contribution in [3.8, 4) is 5.75 Å². The summed E-state index contributed by atoms with van der Waals surface area (Å²) in [5.41, 5.74) is 7.46. The Kier molecular flexibility index (Phi) is 5.10. The zero-order valence-electron chi connectivity index (χ0n) is 9.69. The molecule has 0 bridgehead atoms. The predicted molar refractivity (Wildman–Crippen MR) is 69.1 cm³/mol. The lowest BCUT2D eigenvalue weighted by Crippen LogP contribution is -2.19. The maximum Gasteiger partial charge on any atom is 0.123 e. The summed E-state index contributed by atoms with van der Waals surface area (Å²) in [6, 6.07) is 8.24. The van der Waals surface area contributed by atoms with Crippen molar-refractivity contribution in [2.75, 3.05) is 7.11 Å². The van der Waals surface area contributed by atoms with Gasteiger partial charge in [0.15, 0.2) is 0 Å². The van der Waals surface area contributed by atoms with Gasteiger partial charge in [-0.1, -0.05) is 31.0 Å². The zero-order chi connectivity index (χ0) is 10.7. The molecule has 0 amide bonds. The van der Waals surface area contributed by atoms with E-state index in [2.05, 4.69) is 6.07 Å². The van der Waals surface area contributed by atoms with Crippen LogP contribution in [0.1, 0.15) is 37.3 Å². The van der Waals surface area contributed by atoms with E-state index in [1.807, 2.05) is 18.2 Å². The van der Waals surface area contributed by atoms with Gasteiger partial charge in [-0.25, -0.2) is 0 Å². The Morgan fingerprint density at radius 3 is 2.50 bits per heavy atom. The fraction of sp³-hybridized carbons (Fsp3) is 0.538. The van der Waals surface area contributed by atoms with Crippen LogP contribution < -0.4 is 10.5 Å². The van der Waals surface area contributed by atoms with Crippen LogP contribution in [0.2, 0.25) is 0 Å². The summed E-state index contributed by atoms with van der Waals surface area (Å²) >= 11 is 0. The SMILES string of the molecule is COc1ccccc1C(N)C1CCCC1.Cl. The molecule has 1 aromatic carbocycles. The molecule has 2 nitrogen and oxygen atoms in total. The maximum absolute atomic E-state index is 6.30. The average molecular weight is 242 g/mol. The van der Waals surface area contributed by atoms with Crippen molar-refractivity contribution in [1.82, 2.24) is 0 Å². The van der Waals surface area contributed by atoms with Gasteiger partial charge < -0.3 is 10.5 Å². The number of hydrogen-bond acceptors (Lipinski definition) is 2. The second-order valence-corrected chi connectivity index (χ2v) is 4.31. The van der Waals surface area contributed by atoms with Gasteiger partial charge in [-0.05, 0) is 24.8 Å². The van der Waals surface area contributed by atoms with E-state index in [-0.39, 0.29) is 18.4 Å². The van der Waals surface area contributed by atoms with Gasteiger partial charge in [0, 0.05) is 11.6 Å². The van der Waals surface area contributed by atoms with Crippen LogP contribution in [0.25, 0.3) is 0 Å². The van der Waals surface area contributed by atoms with Crippen LogP contribution in [0.3, 0.4) is 0 Å². The second-order valence-electron chi connectivity index (χ2n) is 4.31. The molecule has 2 rings (SSSR count). The Morgan fingerprint density at radius 2 is 1.88 bits per heavy atom. The van der Waals surface area contributed by atoms with Crippen LogP contribution in [0.5, 0.6) is 5.75 Å². The van der Waals surface area contributed by atoms with Crippen molar-refractivity contribution in [2.24, 2.45) is 11.7 Å². The summed E-state index contributed by atoms with van der Waals surface area (Å²) in [7, 11) is 1.71. The highest BCUT2D eigenvalue weighted by Crippen LogP contribution is 2.37. The van der Waals surface area contributed by atoms with Gasteiger partial charge in [-0.3, -0.25) is 0 Å². The third kappa shape index (κ3) is 2.69. The molecular formula is C13H20ClNO. The first-order valence-corrected chi connectivity index (χ1v) is 5.71. The normalized spacial score (nSPS) is 17.9. The highest BCUT2D eigenvalue weighted by Gasteiger charge is 2.24. The average Bonchev–Trinajstić information content (AvgIpc) is 2.81. The molecule has 16 heavy (non-hydrogen) atoms. The first kappa shape index (κ1) is 13.3. The number of para-hydroxylation sites is 1. The minimum absolute atomic E-state index is 0. The molecule has 1 fully saturated rings. The lowest BCUT2D eigenvalue weighted by atomic mass is 9.92. The lowest BCUT2D eigenvalue weighted by molar-refractivity contribution is 0.385. The number of benzene rings is 1. The van der Waals surface area contributed by atoms with Crippen LogP contribution >= 0.6 is 12.4 Å². The third-order valence-electron chi connectivity index (χ3n) is 3.41. The van der Waals surface area contributed by atoms with Gasteiger partial charge in [0.2, 0.25) is 0 Å². The van der Waals surface area contributed by atoms with Gasteiger partial charge in [0.1, 0.15) is 5.75 Å². The molecule has 0 aromatic heterocycles. The molecule has 1 aromatic rings. The fourth-order valence-electron chi connectivity index (χ4n) is 2.51. The molecule has 0 heterocycles. The number of halogens is 1. The number of ether oxygens (including phenoxy) is 1. The molecule has 1 aliphatic carbocycles. The van der Waals surface area contributed by atoms with E-state index < -0.39 is 0 Å². The topological polar surface area (TPSA) is 35.2 Å². The molecule has 0 aliphatic heterocycles. The third-order valence-corrected chi connectivity index (χ3v) is 3.41. The van der Waals surface area contributed by atoms with Crippen molar-refractivity contribution in [3.63, 3.8) is 0 Å². The van der Waals surface area contributed by atoms with Crippen molar-refractivity contribution in [1.29, 1.82) is 0 Å². The Labute approximate surface area is 104 Å². The fourth-order valence-corrected chi connectivity index (χ4v) is 2.51. The predicted octanol–water partition coefficient (Wildman–Crippen LogP) is 3.31. The first-order valence-electron chi connectivity index (χ1n) is 5.71. The Hall–Kier alpha value is -0.730. The minimum Gasteiger partial charge on any atom is -0.496 e. The van der Waals surface area contributed by atoms with Crippen molar-refractivity contribution < 1.29 is 4.74 Å². The molecule has 1 saturated carbocycles. The number of rotatable bonds is 3. The Balaban J connectivity index is 0.00000128. The van der Waals surface area contributed by atoms with Crippen molar-refractivity contribution >= 4 is 12.4 Å². The quantitative estimate of drug-likeness (QED) is 0.881. The zero-order valence-corrected chi connectivity index (χ0v) is 10.5. The lowest BCUT2D eigenvalue weighted by Gasteiger charge is -2.21. The molecule has 0 spiro atoms. The van der Waals surface area contributed by atoms with Crippen LogP contribution in [-0.2, 0) is 0 Å². The maximum atomic E-state index is 6.30. The summed E-state index contributed by atoms with van der Waals surface area (Å²) in [4.78, 5) is 0. The summed E-state index contributed by atoms with van der Waals surface area (Å²) in [5, 5.41) is 0. The number of methoxy groups -OCH3 is 1. The summed E-state index contributed by atoms with van der Waals surface area (Å²) in [6.45, 7) is 0. The molecule has 1 unspecified atom stereocenters. The highest BCUT2D eigenvalue weighted by molar-refractivity contribution is 5.85. The van der Waals surface area contributed by atoms with Gasteiger partial charge in [0.25, 0.3) is 0 Å². The van der Waals surface area contributed by atoms with Crippen molar-refractivity contribution in [2.45, 2.75) is 31.7 Å². The molecule has 2 N–H and O–H groups in total. The largest absolute Gasteiger partial charge is 0.496 e. The van der Waals surface area contributed by atoms with E-state index in [9.17, 15) is 0 Å². The minimum atomic E-state index is 0. The van der Waals surface area contributed by atoms with E-state index in [0.717, 1.165) is 11.3 Å². The van der Waals surface area contributed by atoms with Crippen LogP contribution in [0, 0.1) is 5.92 Å². The van der Waals surface area contributed by atoms with E-state index in [0.29, 0.717) is 5.92 Å². The highest BCUT2D eigenvalue weighted by atomic mass is 35.5. The van der Waals surface area contributed by atoms with Crippen LogP contribution in [0.4, 0.5) is 0 Å². The Morgan fingerprint density at radius 1 is 1.25 bits per heavy atom. The van der Waals surface area contributed by atoms with E-state index >= 15 is 0 Å². The molecular weight excluding hydrogens is 222 g/mol. The number of nitrogens with two attached hydrogens (primary N) is 1. The molecule has 90 valence electrons. The summed E-state index contributed by atoms with van der Waals surface area (Å²) in [5.74, 6) is 1.57.